The van der Waals surface area contributed by atoms with E-state index < -0.39 is 5.60 Å². The molecule has 3 heterocycles. The van der Waals surface area contributed by atoms with Crippen molar-refractivity contribution < 1.29 is 9.53 Å². The van der Waals surface area contributed by atoms with E-state index >= 15 is 0 Å². The van der Waals surface area contributed by atoms with Gasteiger partial charge in [-0.05, 0) is 46.1 Å². The molecule has 4 aromatic rings. The van der Waals surface area contributed by atoms with Crippen molar-refractivity contribution in [3.05, 3.63) is 54.6 Å². The Hall–Kier alpha value is -3.00. The molecule has 158 valence electrons. The lowest BCUT2D eigenvalue weighted by Crippen LogP contribution is -2.27. The molecule has 0 atom stereocenters. The van der Waals surface area contributed by atoms with E-state index in [0.717, 1.165) is 33.1 Å². The van der Waals surface area contributed by atoms with Gasteiger partial charge in [0.25, 0.3) is 0 Å². The van der Waals surface area contributed by atoms with Crippen molar-refractivity contribution >= 4 is 40.1 Å². The summed E-state index contributed by atoms with van der Waals surface area (Å²) in [5.74, 6) is 0.857. The van der Waals surface area contributed by atoms with Gasteiger partial charge < -0.3 is 10.1 Å². The number of hydrogen-bond acceptors (Lipinski definition) is 6. The Kier molecular flexibility index (Phi) is 6.36. The van der Waals surface area contributed by atoms with Crippen LogP contribution in [0.2, 0.25) is 0 Å². The Labute approximate surface area is 180 Å². The van der Waals surface area contributed by atoms with E-state index in [4.69, 9.17) is 4.74 Å². The third-order valence-corrected chi connectivity index (χ3v) is 4.98. The molecule has 1 aromatic carbocycles. The van der Waals surface area contributed by atoms with Gasteiger partial charge >= 0.3 is 6.09 Å². The number of thioether (sulfide) groups is 1. The van der Waals surface area contributed by atoms with E-state index in [-0.39, 0.29) is 6.09 Å². The second-order valence-electron chi connectivity index (χ2n) is 7.69. The molecule has 0 spiro atoms. The zero-order valence-corrected chi connectivity index (χ0v) is 18.9. The van der Waals surface area contributed by atoms with Gasteiger partial charge in [-0.1, -0.05) is 30.0 Å². The van der Waals surface area contributed by atoms with Crippen LogP contribution in [0.25, 0.3) is 16.4 Å². The number of carbonyl (C=O) groups is 1. The number of fused-ring (bicyclic) bond motifs is 2. The van der Waals surface area contributed by atoms with Crippen molar-refractivity contribution in [2.24, 2.45) is 0 Å². The average molecular weight is 426 g/mol. The maximum Gasteiger partial charge on any atom is 0.419 e. The maximum absolute atomic E-state index is 12.1. The minimum Gasteiger partial charge on any atom is -0.443 e. The van der Waals surface area contributed by atoms with Gasteiger partial charge in [-0.3, -0.25) is 4.40 Å². The lowest BCUT2D eigenvalue weighted by Gasteiger charge is -2.20. The minimum absolute atomic E-state index is 0.323. The van der Waals surface area contributed by atoms with Gasteiger partial charge in [-0.2, -0.15) is 0 Å². The summed E-state index contributed by atoms with van der Waals surface area (Å²) < 4.78 is 9.02. The number of benzene rings is 1. The number of carbonyl (C=O) groups excluding carboxylic acids is 1. The van der Waals surface area contributed by atoms with Gasteiger partial charge in [0.1, 0.15) is 11.1 Å². The molecule has 4 rings (SSSR count). The first-order chi connectivity index (χ1) is 14.2. The van der Waals surface area contributed by atoms with Crippen molar-refractivity contribution in [2.75, 3.05) is 18.6 Å². The molecule has 0 aliphatic heterocycles. The van der Waals surface area contributed by atoms with Crippen molar-refractivity contribution in [3.8, 4) is 0 Å². The molecule has 30 heavy (non-hydrogen) atoms. The van der Waals surface area contributed by atoms with E-state index in [0.29, 0.717) is 0 Å². The smallest absolute Gasteiger partial charge is 0.419 e. The van der Waals surface area contributed by atoms with Gasteiger partial charge in [-0.15, -0.1) is 0 Å². The minimum atomic E-state index is -0.477. The van der Waals surface area contributed by atoms with Gasteiger partial charge in [0, 0.05) is 30.5 Å². The first kappa shape index (κ1) is 21.7. The van der Waals surface area contributed by atoms with Crippen LogP contribution in [0.1, 0.15) is 26.5 Å². The van der Waals surface area contributed by atoms with E-state index in [9.17, 15) is 4.79 Å². The molecule has 3 aromatic heterocycles. The van der Waals surface area contributed by atoms with Crippen LogP contribution < -0.4 is 5.32 Å². The highest BCUT2D eigenvalue weighted by Crippen LogP contribution is 2.21. The summed E-state index contributed by atoms with van der Waals surface area (Å²) in [6, 6.07) is 9.78. The highest BCUT2D eigenvalue weighted by atomic mass is 32.2. The molecule has 0 unspecified atom stereocenters. The van der Waals surface area contributed by atoms with Gasteiger partial charge in [-0.25, -0.2) is 19.3 Å². The molecule has 0 saturated heterocycles. The molecular formula is C22H27N5O2S. The largest absolute Gasteiger partial charge is 0.443 e. The van der Waals surface area contributed by atoms with Crippen LogP contribution in [0.15, 0.2) is 54.1 Å². The molecule has 0 radical (unpaired) electrons. The molecule has 0 saturated carbocycles. The average Bonchev–Trinajstić information content (AvgIpc) is 3.26. The lowest BCUT2D eigenvalue weighted by molar-refractivity contribution is 0.0541. The Morgan fingerprint density at radius 2 is 1.90 bits per heavy atom. The summed E-state index contributed by atoms with van der Waals surface area (Å²) in [7, 11) is 1.86. The topological polar surface area (TPSA) is 73.5 Å². The van der Waals surface area contributed by atoms with Crippen LogP contribution >= 0.6 is 11.8 Å². The maximum atomic E-state index is 12.1. The summed E-state index contributed by atoms with van der Waals surface area (Å²) in [6.07, 6.45) is 7.19. The number of rotatable bonds is 2. The number of hydrogen-bond donors (Lipinski definition) is 1. The SMILES string of the molecule is CNc1nccn2c(SC)ncc12.Cc1cc2ccccc2n1C(=O)OC(C)(C)C. The molecule has 1 N–H and O–H groups in total. The van der Waals surface area contributed by atoms with E-state index in [1.807, 2.05) is 88.1 Å². The number of anilines is 1. The number of ether oxygens (including phenoxy) is 1. The Morgan fingerprint density at radius 3 is 2.57 bits per heavy atom. The fourth-order valence-electron chi connectivity index (χ4n) is 3.09. The summed E-state index contributed by atoms with van der Waals surface area (Å²) in [6.45, 7) is 7.51. The predicted octanol–water partition coefficient (Wildman–Crippen LogP) is 5.23. The van der Waals surface area contributed by atoms with Crippen molar-refractivity contribution in [3.63, 3.8) is 0 Å². The normalized spacial score (nSPS) is 11.3. The second-order valence-corrected chi connectivity index (χ2v) is 8.46. The van der Waals surface area contributed by atoms with Gasteiger partial charge in [0.2, 0.25) is 0 Å². The Bertz CT molecular complexity index is 1170. The predicted molar refractivity (Wildman–Crippen MR) is 123 cm³/mol. The van der Waals surface area contributed by atoms with Crippen molar-refractivity contribution in [2.45, 2.75) is 38.5 Å². The highest BCUT2D eigenvalue weighted by molar-refractivity contribution is 7.98. The molecule has 0 aliphatic carbocycles. The zero-order valence-electron chi connectivity index (χ0n) is 18.1. The monoisotopic (exact) mass is 425 g/mol. The summed E-state index contributed by atoms with van der Waals surface area (Å²) >= 11 is 1.62. The number of aryl methyl sites for hydroxylation is 1. The summed E-state index contributed by atoms with van der Waals surface area (Å²) in [5, 5.41) is 5.06. The van der Waals surface area contributed by atoms with Crippen LogP contribution in [-0.2, 0) is 4.74 Å². The second kappa shape index (κ2) is 8.79. The van der Waals surface area contributed by atoms with E-state index in [1.54, 1.807) is 22.5 Å². The third-order valence-electron chi connectivity index (χ3n) is 4.32. The first-order valence-electron chi connectivity index (χ1n) is 9.59. The van der Waals surface area contributed by atoms with Gasteiger partial charge in [0.05, 0.1) is 11.7 Å². The summed E-state index contributed by atoms with van der Waals surface area (Å²) in [5.41, 5.74) is 2.31. The molecule has 8 heteroatoms. The van der Waals surface area contributed by atoms with Crippen LogP contribution in [0.3, 0.4) is 0 Å². The third kappa shape index (κ3) is 4.59. The van der Waals surface area contributed by atoms with Gasteiger partial charge in [0.15, 0.2) is 11.0 Å². The fourth-order valence-corrected chi connectivity index (χ4v) is 3.60. The Morgan fingerprint density at radius 1 is 1.17 bits per heavy atom. The molecular weight excluding hydrogens is 398 g/mol. The van der Waals surface area contributed by atoms with Crippen molar-refractivity contribution in [1.29, 1.82) is 0 Å². The zero-order chi connectivity index (χ0) is 21.9. The van der Waals surface area contributed by atoms with Crippen LogP contribution in [-0.4, -0.2) is 43.9 Å². The quantitative estimate of drug-likeness (QED) is 0.444. The number of nitrogens with zero attached hydrogens (tertiary/aromatic N) is 4. The molecule has 0 aliphatic rings. The van der Waals surface area contributed by atoms with Crippen LogP contribution in [0.4, 0.5) is 10.6 Å². The highest BCUT2D eigenvalue weighted by Gasteiger charge is 2.20. The molecule has 0 amide bonds. The fraction of sp³-hybridized carbons (Fsp3) is 0.318. The number of imidazole rings is 1. The first-order valence-corrected chi connectivity index (χ1v) is 10.8. The van der Waals surface area contributed by atoms with E-state index in [2.05, 4.69) is 15.3 Å². The van der Waals surface area contributed by atoms with Crippen LogP contribution in [0, 0.1) is 6.92 Å². The molecule has 7 nitrogen and oxygen atoms in total. The molecule has 0 fully saturated rings. The van der Waals surface area contributed by atoms with Crippen molar-refractivity contribution in [1.82, 2.24) is 18.9 Å². The lowest BCUT2D eigenvalue weighted by atomic mass is 10.2. The van der Waals surface area contributed by atoms with Crippen LogP contribution in [0.5, 0.6) is 0 Å². The van der Waals surface area contributed by atoms with E-state index in [1.165, 1.54) is 0 Å². The Balaban J connectivity index is 0.000000177. The number of para-hydroxylation sites is 1. The summed E-state index contributed by atoms with van der Waals surface area (Å²) in [4.78, 5) is 20.6. The standard InChI is InChI=1S/C14H17NO2.C8H10N4S/c1-10-9-11-7-5-6-8-12(11)15(10)13(16)17-14(2,3)4;1-9-7-6-5-11-8(13-2)12(6)4-3-10-7/h5-9H,1-4H3;3-5H,1-2H3,(H,9,10). The number of nitrogens with one attached hydrogen (secondary N) is 1. The number of aromatic nitrogens is 4. The molecule has 0 bridgehead atoms.